The van der Waals surface area contributed by atoms with Gasteiger partial charge >= 0.3 is 0 Å². The summed E-state index contributed by atoms with van der Waals surface area (Å²) in [7, 11) is 0. The fraction of sp³-hybridized carbons (Fsp3) is 0.600. The van der Waals surface area contributed by atoms with Crippen LogP contribution in [0.2, 0.25) is 5.02 Å². The first kappa shape index (κ1) is 13.7. The van der Waals surface area contributed by atoms with Crippen molar-refractivity contribution in [2.45, 2.75) is 45.8 Å². The van der Waals surface area contributed by atoms with Gasteiger partial charge in [0.15, 0.2) is 0 Å². The summed E-state index contributed by atoms with van der Waals surface area (Å²) in [5.74, 6) is 0.623. The zero-order valence-corrected chi connectivity index (χ0v) is 12.1. The molecule has 0 spiro atoms. The molecular weight excluding hydrogens is 246 g/mol. The topological polar surface area (TPSA) is 23.5 Å². The number of anilines is 1. The second kappa shape index (κ2) is 5.50. The lowest BCUT2D eigenvalue weighted by molar-refractivity contribution is 0.199. The van der Waals surface area contributed by atoms with Gasteiger partial charge in [0.1, 0.15) is 0 Å². The Kier molecular flexibility index (Phi) is 4.18. The van der Waals surface area contributed by atoms with Gasteiger partial charge in [-0.05, 0) is 43.4 Å². The monoisotopic (exact) mass is 267 g/mol. The molecule has 0 bridgehead atoms. The smallest absolute Gasteiger partial charge is 0.0762 e. The summed E-state index contributed by atoms with van der Waals surface area (Å²) in [4.78, 5) is 2.42. The molecule has 3 heteroatoms. The first-order valence-corrected chi connectivity index (χ1v) is 7.11. The molecule has 100 valence electrons. The molecule has 0 aliphatic heterocycles. The second-order valence-corrected chi connectivity index (χ2v) is 6.07. The van der Waals surface area contributed by atoms with Crippen LogP contribution in [0.4, 0.5) is 5.69 Å². The third-order valence-corrected chi connectivity index (χ3v) is 3.62. The molecular formula is C15H22ClNO. The van der Waals surface area contributed by atoms with E-state index < -0.39 is 6.10 Å². The SMILES string of the molecule is CC(C)CN(c1ccc([C@@H](C)O)cc1Cl)C1CC1. The molecule has 1 aliphatic carbocycles. The van der Waals surface area contributed by atoms with Crippen LogP contribution >= 0.6 is 11.6 Å². The predicted octanol–water partition coefficient (Wildman–Crippen LogP) is 4.02. The maximum Gasteiger partial charge on any atom is 0.0762 e. The summed E-state index contributed by atoms with van der Waals surface area (Å²) in [6.45, 7) is 7.26. The Morgan fingerprint density at radius 3 is 2.44 bits per heavy atom. The van der Waals surface area contributed by atoms with E-state index in [0.717, 1.165) is 22.8 Å². The van der Waals surface area contributed by atoms with E-state index in [0.29, 0.717) is 12.0 Å². The van der Waals surface area contributed by atoms with Gasteiger partial charge in [-0.3, -0.25) is 0 Å². The van der Waals surface area contributed by atoms with E-state index in [1.165, 1.54) is 12.8 Å². The van der Waals surface area contributed by atoms with Crippen molar-refractivity contribution in [3.63, 3.8) is 0 Å². The van der Waals surface area contributed by atoms with Crippen molar-refractivity contribution in [2.75, 3.05) is 11.4 Å². The van der Waals surface area contributed by atoms with Gasteiger partial charge in [0.2, 0.25) is 0 Å². The van der Waals surface area contributed by atoms with Crippen molar-refractivity contribution < 1.29 is 5.11 Å². The lowest BCUT2D eigenvalue weighted by atomic mass is 10.1. The summed E-state index contributed by atoms with van der Waals surface area (Å²) in [6, 6.07) is 6.56. The van der Waals surface area contributed by atoms with E-state index in [9.17, 15) is 5.11 Å². The Morgan fingerprint density at radius 1 is 1.33 bits per heavy atom. The number of aliphatic hydroxyl groups is 1. The Morgan fingerprint density at radius 2 is 2.00 bits per heavy atom. The predicted molar refractivity (Wildman–Crippen MR) is 77.3 cm³/mol. The Balaban J connectivity index is 2.24. The van der Waals surface area contributed by atoms with Crippen LogP contribution in [0, 0.1) is 5.92 Å². The summed E-state index contributed by atoms with van der Waals surface area (Å²) in [6.07, 6.45) is 2.07. The minimum absolute atomic E-state index is 0.462. The van der Waals surface area contributed by atoms with Gasteiger partial charge in [0.05, 0.1) is 16.8 Å². The number of hydrogen-bond donors (Lipinski definition) is 1. The van der Waals surface area contributed by atoms with Crippen LogP contribution in [0.3, 0.4) is 0 Å². The molecule has 1 aromatic rings. The molecule has 0 radical (unpaired) electrons. The quantitative estimate of drug-likeness (QED) is 0.871. The van der Waals surface area contributed by atoms with Crippen molar-refractivity contribution in [1.82, 2.24) is 0 Å². The van der Waals surface area contributed by atoms with E-state index in [1.807, 2.05) is 18.2 Å². The number of halogens is 1. The van der Waals surface area contributed by atoms with E-state index >= 15 is 0 Å². The molecule has 2 rings (SSSR count). The second-order valence-electron chi connectivity index (χ2n) is 5.66. The van der Waals surface area contributed by atoms with Crippen molar-refractivity contribution in [1.29, 1.82) is 0 Å². The highest BCUT2D eigenvalue weighted by molar-refractivity contribution is 6.33. The largest absolute Gasteiger partial charge is 0.389 e. The van der Waals surface area contributed by atoms with Crippen LogP contribution in [0.1, 0.15) is 45.3 Å². The molecule has 1 N–H and O–H groups in total. The normalized spacial score (nSPS) is 17.0. The zero-order valence-electron chi connectivity index (χ0n) is 11.4. The van der Waals surface area contributed by atoms with Crippen molar-refractivity contribution in [3.05, 3.63) is 28.8 Å². The van der Waals surface area contributed by atoms with Gasteiger partial charge in [-0.1, -0.05) is 31.5 Å². The van der Waals surface area contributed by atoms with Crippen LogP contribution in [-0.4, -0.2) is 17.7 Å². The fourth-order valence-corrected chi connectivity index (χ4v) is 2.54. The molecule has 1 saturated carbocycles. The van der Waals surface area contributed by atoms with Crippen LogP contribution in [-0.2, 0) is 0 Å². The zero-order chi connectivity index (χ0) is 13.3. The molecule has 1 fully saturated rings. The molecule has 0 saturated heterocycles. The Hall–Kier alpha value is -0.730. The molecule has 0 amide bonds. The average Bonchev–Trinajstić information content (AvgIpc) is 3.09. The molecule has 18 heavy (non-hydrogen) atoms. The van der Waals surface area contributed by atoms with E-state index in [4.69, 9.17) is 11.6 Å². The first-order valence-electron chi connectivity index (χ1n) is 6.73. The van der Waals surface area contributed by atoms with Gasteiger partial charge in [-0.25, -0.2) is 0 Å². The maximum absolute atomic E-state index is 9.57. The van der Waals surface area contributed by atoms with Gasteiger partial charge in [0, 0.05) is 12.6 Å². The highest BCUT2D eigenvalue weighted by Crippen LogP contribution is 2.37. The van der Waals surface area contributed by atoms with Crippen LogP contribution < -0.4 is 4.90 Å². The molecule has 1 aromatic carbocycles. The van der Waals surface area contributed by atoms with Crippen molar-refractivity contribution >= 4 is 17.3 Å². The van der Waals surface area contributed by atoms with Gasteiger partial charge in [0.25, 0.3) is 0 Å². The standard InChI is InChI=1S/C15H22ClNO/c1-10(2)9-17(13-5-6-13)15-7-4-12(11(3)18)8-14(15)16/h4,7-8,10-11,13,18H,5-6,9H2,1-3H3/t11-/m1/s1. The summed E-state index contributed by atoms with van der Waals surface area (Å²) < 4.78 is 0. The molecule has 2 nitrogen and oxygen atoms in total. The summed E-state index contributed by atoms with van der Waals surface area (Å²) >= 11 is 6.37. The lowest BCUT2D eigenvalue weighted by Gasteiger charge is -2.28. The van der Waals surface area contributed by atoms with E-state index in [2.05, 4.69) is 18.7 Å². The minimum atomic E-state index is -0.462. The number of rotatable bonds is 5. The number of aliphatic hydroxyl groups excluding tert-OH is 1. The fourth-order valence-electron chi connectivity index (χ4n) is 2.24. The molecule has 0 unspecified atom stereocenters. The third-order valence-electron chi connectivity index (χ3n) is 3.31. The Bertz CT molecular complexity index is 413. The highest BCUT2D eigenvalue weighted by atomic mass is 35.5. The van der Waals surface area contributed by atoms with Crippen molar-refractivity contribution in [3.8, 4) is 0 Å². The van der Waals surface area contributed by atoms with Crippen LogP contribution in [0.25, 0.3) is 0 Å². The first-order chi connectivity index (χ1) is 8.49. The molecule has 0 aromatic heterocycles. The van der Waals surface area contributed by atoms with Gasteiger partial charge in [-0.2, -0.15) is 0 Å². The van der Waals surface area contributed by atoms with E-state index in [-0.39, 0.29) is 0 Å². The van der Waals surface area contributed by atoms with E-state index in [1.54, 1.807) is 6.92 Å². The van der Waals surface area contributed by atoms with Crippen LogP contribution in [0.15, 0.2) is 18.2 Å². The number of nitrogens with zero attached hydrogens (tertiary/aromatic N) is 1. The average molecular weight is 268 g/mol. The minimum Gasteiger partial charge on any atom is -0.389 e. The van der Waals surface area contributed by atoms with Crippen molar-refractivity contribution in [2.24, 2.45) is 5.92 Å². The molecule has 1 aliphatic rings. The third kappa shape index (κ3) is 3.18. The maximum atomic E-state index is 9.57. The van der Waals surface area contributed by atoms with Gasteiger partial charge < -0.3 is 10.0 Å². The highest BCUT2D eigenvalue weighted by Gasteiger charge is 2.30. The summed E-state index contributed by atoms with van der Waals surface area (Å²) in [5, 5.41) is 10.3. The lowest BCUT2D eigenvalue weighted by Crippen LogP contribution is -2.30. The molecule has 0 heterocycles. The Labute approximate surface area is 115 Å². The number of hydrogen-bond acceptors (Lipinski definition) is 2. The number of benzene rings is 1. The summed E-state index contributed by atoms with van der Waals surface area (Å²) in [5.41, 5.74) is 1.99. The molecule has 1 atom stereocenters. The van der Waals surface area contributed by atoms with Gasteiger partial charge in [-0.15, -0.1) is 0 Å². The van der Waals surface area contributed by atoms with Crippen LogP contribution in [0.5, 0.6) is 0 Å².